The second-order valence-electron chi connectivity index (χ2n) is 7.07. The van der Waals surface area contributed by atoms with Crippen LogP contribution < -0.4 is 5.32 Å². The Kier molecular flexibility index (Phi) is 5.05. The van der Waals surface area contributed by atoms with E-state index in [-0.39, 0.29) is 11.0 Å². The van der Waals surface area contributed by atoms with E-state index in [9.17, 15) is 0 Å². The lowest BCUT2D eigenvalue weighted by molar-refractivity contribution is 0.254. The highest BCUT2D eigenvalue weighted by Crippen LogP contribution is 2.41. The minimum absolute atomic E-state index is 0.140. The fourth-order valence-electron chi connectivity index (χ4n) is 3.06. The number of benzene rings is 1. The van der Waals surface area contributed by atoms with Crippen LogP contribution in [0.4, 0.5) is 0 Å². The molecule has 0 radical (unpaired) electrons. The quantitative estimate of drug-likeness (QED) is 0.767. The average molecular weight is 314 g/mol. The molecule has 0 saturated heterocycles. The van der Waals surface area contributed by atoms with Crippen LogP contribution in [0.1, 0.15) is 58.4 Å². The highest BCUT2D eigenvalue weighted by Gasteiger charge is 2.34. The predicted octanol–water partition coefficient (Wildman–Crippen LogP) is 5.58. The van der Waals surface area contributed by atoms with Crippen LogP contribution in [0, 0.1) is 0 Å². The molecule has 0 bridgehead atoms. The van der Waals surface area contributed by atoms with Crippen molar-refractivity contribution in [2.45, 2.75) is 63.8 Å². The number of halogens is 2. The van der Waals surface area contributed by atoms with Gasteiger partial charge in [-0.05, 0) is 51.3 Å². The topological polar surface area (TPSA) is 12.0 Å². The van der Waals surface area contributed by atoms with E-state index >= 15 is 0 Å². The third-order valence-electron chi connectivity index (χ3n) is 4.30. The summed E-state index contributed by atoms with van der Waals surface area (Å²) in [5.41, 5.74) is 1.68. The van der Waals surface area contributed by atoms with Crippen molar-refractivity contribution in [1.82, 2.24) is 5.32 Å². The predicted molar refractivity (Wildman–Crippen MR) is 89.0 cm³/mol. The number of rotatable bonds is 3. The molecule has 0 aliphatic heterocycles. The average Bonchev–Trinajstić information content (AvgIpc) is 2.40. The lowest BCUT2D eigenvalue weighted by Crippen LogP contribution is -2.47. The summed E-state index contributed by atoms with van der Waals surface area (Å²) in [4.78, 5) is 0. The Bertz CT molecular complexity index is 457. The molecule has 3 heteroatoms. The summed E-state index contributed by atoms with van der Waals surface area (Å²) < 4.78 is 0. The lowest BCUT2D eigenvalue weighted by Gasteiger charge is -2.40. The van der Waals surface area contributed by atoms with E-state index in [0.717, 1.165) is 6.54 Å². The van der Waals surface area contributed by atoms with Gasteiger partial charge in [0.25, 0.3) is 0 Å². The maximum Gasteiger partial charge on any atom is 0.0595 e. The lowest BCUT2D eigenvalue weighted by atomic mass is 9.69. The van der Waals surface area contributed by atoms with Crippen LogP contribution in [0.15, 0.2) is 18.2 Å². The van der Waals surface area contributed by atoms with Crippen molar-refractivity contribution in [1.29, 1.82) is 0 Å². The maximum absolute atomic E-state index is 6.23. The molecule has 0 atom stereocenters. The molecule has 1 nitrogen and oxygen atoms in total. The SMILES string of the molecule is CC(C)(C)NCC1(c2ccc(Cl)c(Cl)c2)CCCCC1. The molecule has 2 rings (SSSR count). The number of hydrogen-bond donors (Lipinski definition) is 1. The van der Waals surface area contributed by atoms with Crippen molar-refractivity contribution < 1.29 is 0 Å². The van der Waals surface area contributed by atoms with Crippen molar-refractivity contribution in [3.05, 3.63) is 33.8 Å². The minimum Gasteiger partial charge on any atom is -0.311 e. The Morgan fingerprint density at radius 3 is 2.25 bits per heavy atom. The Labute approximate surface area is 133 Å². The Morgan fingerprint density at radius 2 is 1.70 bits per heavy atom. The van der Waals surface area contributed by atoms with Gasteiger partial charge in [-0.25, -0.2) is 0 Å². The van der Waals surface area contributed by atoms with Crippen molar-refractivity contribution in [3.8, 4) is 0 Å². The highest BCUT2D eigenvalue weighted by atomic mass is 35.5. The summed E-state index contributed by atoms with van der Waals surface area (Å²) in [6.07, 6.45) is 6.40. The molecular weight excluding hydrogens is 289 g/mol. The summed E-state index contributed by atoms with van der Waals surface area (Å²) in [5.74, 6) is 0. The maximum atomic E-state index is 6.23. The summed E-state index contributed by atoms with van der Waals surface area (Å²) in [7, 11) is 0. The summed E-state index contributed by atoms with van der Waals surface area (Å²) in [6, 6.07) is 6.16. The fourth-order valence-corrected chi connectivity index (χ4v) is 3.35. The monoisotopic (exact) mass is 313 g/mol. The zero-order valence-corrected chi connectivity index (χ0v) is 14.2. The van der Waals surface area contributed by atoms with Gasteiger partial charge in [-0.3, -0.25) is 0 Å². The molecule has 0 aromatic heterocycles. The first-order chi connectivity index (χ1) is 9.32. The standard InChI is InChI=1S/C17H25Cl2N/c1-16(2,3)20-12-17(9-5-4-6-10-17)13-7-8-14(18)15(19)11-13/h7-8,11,20H,4-6,9-10,12H2,1-3H3. The van der Waals surface area contributed by atoms with Crippen LogP contribution in [0.3, 0.4) is 0 Å². The van der Waals surface area contributed by atoms with Gasteiger partial charge >= 0.3 is 0 Å². The van der Waals surface area contributed by atoms with Crippen molar-refractivity contribution in [2.24, 2.45) is 0 Å². The molecule has 1 N–H and O–H groups in total. The van der Waals surface area contributed by atoms with E-state index in [1.165, 1.54) is 37.7 Å². The molecular formula is C17H25Cl2N. The molecule has 20 heavy (non-hydrogen) atoms. The second-order valence-corrected chi connectivity index (χ2v) is 7.89. The van der Waals surface area contributed by atoms with Crippen LogP contribution in [0.25, 0.3) is 0 Å². The smallest absolute Gasteiger partial charge is 0.0595 e. The molecule has 0 unspecified atom stereocenters. The molecule has 0 heterocycles. The van der Waals surface area contributed by atoms with Gasteiger partial charge < -0.3 is 5.32 Å². The molecule has 1 aliphatic carbocycles. The van der Waals surface area contributed by atoms with E-state index in [4.69, 9.17) is 23.2 Å². The summed E-state index contributed by atoms with van der Waals surface area (Å²) in [6.45, 7) is 7.67. The van der Waals surface area contributed by atoms with Crippen molar-refractivity contribution in [3.63, 3.8) is 0 Å². The van der Waals surface area contributed by atoms with Gasteiger partial charge in [0, 0.05) is 17.5 Å². The molecule has 0 spiro atoms. The van der Waals surface area contributed by atoms with Crippen molar-refractivity contribution >= 4 is 23.2 Å². The molecule has 112 valence electrons. The third-order valence-corrected chi connectivity index (χ3v) is 5.04. The van der Waals surface area contributed by atoms with E-state index in [1.54, 1.807) is 0 Å². The van der Waals surface area contributed by atoms with Crippen LogP contribution in [0.5, 0.6) is 0 Å². The first kappa shape index (κ1) is 16.1. The van der Waals surface area contributed by atoms with Crippen LogP contribution in [0.2, 0.25) is 10.0 Å². The highest BCUT2D eigenvalue weighted by molar-refractivity contribution is 6.42. The molecule has 1 saturated carbocycles. The van der Waals surface area contributed by atoms with Crippen molar-refractivity contribution in [2.75, 3.05) is 6.54 Å². The van der Waals surface area contributed by atoms with Crippen LogP contribution in [-0.4, -0.2) is 12.1 Å². The third kappa shape index (κ3) is 3.90. The molecule has 1 aliphatic rings. The molecule has 1 aromatic rings. The summed E-state index contributed by atoms with van der Waals surface area (Å²) >= 11 is 12.3. The minimum atomic E-state index is 0.140. The van der Waals surface area contributed by atoms with Gasteiger partial charge in [0.1, 0.15) is 0 Å². The number of hydrogen-bond acceptors (Lipinski definition) is 1. The molecule has 1 fully saturated rings. The van der Waals surface area contributed by atoms with E-state index in [2.05, 4.69) is 38.2 Å². The number of nitrogens with one attached hydrogen (secondary N) is 1. The van der Waals surface area contributed by atoms with Crippen LogP contribution >= 0.6 is 23.2 Å². The van der Waals surface area contributed by atoms with Gasteiger partial charge in [-0.15, -0.1) is 0 Å². The second kappa shape index (κ2) is 6.25. The largest absolute Gasteiger partial charge is 0.311 e. The van der Waals surface area contributed by atoms with Crippen LogP contribution in [-0.2, 0) is 5.41 Å². The zero-order valence-electron chi connectivity index (χ0n) is 12.7. The van der Waals surface area contributed by atoms with E-state index in [1.807, 2.05) is 6.07 Å². The normalized spacial score (nSPS) is 19.1. The first-order valence-corrected chi connectivity index (χ1v) is 8.29. The first-order valence-electron chi connectivity index (χ1n) is 7.53. The summed E-state index contributed by atoms with van der Waals surface area (Å²) in [5, 5.41) is 5.00. The van der Waals surface area contributed by atoms with Gasteiger partial charge in [0.2, 0.25) is 0 Å². The molecule has 0 amide bonds. The van der Waals surface area contributed by atoms with Gasteiger partial charge in [-0.2, -0.15) is 0 Å². The zero-order chi connectivity index (χ0) is 14.8. The Hall–Kier alpha value is -0.240. The Balaban J connectivity index is 2.28. The van der Waals surface area contributed by atoms with E-state index < -0.39 is 0 Å². The van der Waals surface area contributed by atoms with Gasteiger partial charge in [0.15, 0.2) is 0 Å². The molecule has 1 aromatic carbocycles. The fraction of sp³-hybridized carbons (Fsp3) is 0.647. The van der Waals surface area contributed by atoms with E-state index in [0.29, 0.717) is 10.0 Å². The van der Waals surface area contributed by atoms with Gasteiger partial charge in [0.05, 0.1) is 10.0 Å². The van der Waals surface area contributed by atoms with Gasteiger partial charge in [-0.1, -0.05) is 48.5 Å². The Morgan fingerprint density at radius 1 is 1.05 bits per heavy atom.